The Kier molecular flexibility index (Phi) is 8.88. The average Bonchev–Trinajstić information content (AvgIpc) is 2.79. The zero-order valence-corrected chi connectivity index (χ0v) is 20.1. The summed E-state index contributed by atoms with van der Waals surface area (Å²) >= 11 is 0. The molecule has 0 saturated carbocycles. The molecule has 0 fully saturated rings. The summed E-state index contributed by atoms with van der Waals surface area (Å²) in [5, 5.41) is 5.89. The molecule has 0 unspecified atom stereocenters. The van der Waals surface area contributed by atoms with Crippen LogP contribution < -0.4 is 21.2 Å². The van der Waals surface area contributed by atoms with Crippen molar-refractivity contribution in [3.63, 3.8) is 0 Å². The van der Waals surface area contributed by atoms with Crippen LogP contribution in [-0.4, -0.2) is 12.3 Å². The molecule has 1 radical (unpaired) electrons. The van der Waals surface area contributed by atoms with Crippen LogP contribution >= 0.6 is 15.8 Å². The summed E-state index contributed by atoms with van der Waals surface area (Å²) in [6.45, 7) is 0. The Labute approximate surface area is 192 Å². The molecule has 0 N–H and O–H groups in total. The fraction of sp³-hybridized carbons (Fsp3) is 0.0769. The maximum atomic E-state index is 2.30. The van der Waals surface area contributed by atoms with Crippen LogP contribution in [0.15, 0.2) is 121 Å². The Morgan fingerprint density at radius 3 is 0.759 bits per heavy atom. The van der Waals surface area contributed by atoms with Gasteiger partial charge in [0.2, 0.25) is 0 Å². The van der Waals surface area contributed by atoms with Crippen LogP contribution in [-0.2, 0) is 22.4 Å². The van der Waals surface area contributed by atoms with E-state index in [4.69, 9.17) is 0 Å². The van der Waals surface area contributed by atoms with E-state index >= 15 is 0 Å². The second kappa shape index (κ2) is 11.6. The smallest absolute Gasteiger partial charge is 0 e. The van der Waals surface area contributed by atoms with Gasteiger partial charge in [0.1, 0.15) is 0 Å². The zero-order valence-electron chi connectivity index (χ0n) is 16.2. The van der Waals surface area contributed by atoms with Gasteiger partial charge in [-0.1, -0.05) is 121 Å². The van der Waals surface area contributed by atoms with Gasteiger partial charge in [0.15, 0.2) is 0 Å². The van der Waals surface area contributed by atoms with E-state index in [9.17, 15) is 0 Å². The molecule has 0 saturated heterocycles. The Bertz CT molecular complexity index is 798. The van der Waals surface area contributed by atoms with Crippen molar-refractivity contribution in [1.82, 2.24) is 0 Å². The quantitative estimate of drug-likeness (QED) is 0.203. The van der Waals surface area contributed by atoms with E-state index in [2.05, 4.69) is 121 Å². The Balaban J connectivity index is 0.00000240. The molecule has 0 aliphatic carbocycles. The van der Waals surface area contributed by atoms with Gasteiger partial charge < -0.3 is 0 Å². The van der Waals surface area contributed by atoms with Crippen LogP contribution in [0.25, 0.3) is 0 Å². The second-order valence-corrected chi connectivity index (χ2v) is 11.3. The number of hydrogen-bond donors (Lipinski definition) is 0. The SMILES string of the molecule is [Au].c1ccc(P(CCP(c2ccccc2)c2ccccc2)c2ccccc2)cc1. The first-order valence-corrected chi connectivity index (χ1v) is 12.7. The van der Waals surface area contributed by atoms with Crippen LogP contribution in [0.2, 0.25) is 0 Å². The molecule has 0 nitrogen and oxygen atoms in total. The van der Waals surface area contributed by atoms with Crippen LogP contribution in [0, 0.1) is 0 Å². The van der Waals surface area contributed by atoms with Gasteiger partial charge in [0.25, 0.3) is 0 Å². The predicted molar refractivity (Wildman–Crippen MR) is 128 cm³/mol. The molecule has 0 aliphatic rings. The molecule has 0 amide bonds. The molecule has 0 aliphatic heterocycles. The minimum absolute atomic E-state index is 0. The van der Waals surface area contributed by atoms with Crippen LogP contribution in [0.5, 0.6) is 0 Å². The predicted octanol–water partition coefficient (Wildman–Crippen LogP) is 5.25. The summed E-state index contributed by atoms with van der Waals surface area (Å²) < 4.78 is 0. The second-order valence-electron chi connectivity index (χ2n) is 6.65. The minimum Gasteiger partial charge on any atom is -0.0622 e. The molecule has 0 heterocycles. The Hall–Kier alpha value is -1.52. The summed E-state index contributed by atoms with van der Waals surface area (Å²) in [6, 6.07) is 44.2. The third-order valence-corrected chi connectivity index (χ3v) is 10.2. The van der Waals surface area contributed by atoms with Gasteiger partial charge in [-0.25, -0.2) is 0 Å². The number of hydrogen-bond acceptors (Lipinski definition) is 0. The van der Waals surface area contributed by atoms with E-state index in [1.807, 2.05) is 0 Å². The topological polar surface area (TPSA) is 0 Å². The molecule has 4 aromatic rings. The third kappa shape index (κ3) is 5.99. The number of benzene rings is 4. The Morgan fingerprint density at radius 1 is 0.345 bits per heavy atom. The van der Waals surface area contributed by atoms with Crippen molar-refractivity contribution in [2.24, 2.45) is 0 Å². The molecular formula is C26H24AuP2. The Morgan fingerprint density at radius 2 is 0.552 bits per heavy atom. The van der Waals surface area contributed by atoms with Crippen LogP contribution in [0.1, 0.15) is 0 Å². The fourth-order valence-corrected chi connectivity index (χ4v) is 8.80. The van der Waals surface area contributed by atoms with Gasteiger partial charge >= 0.3 is 0 Å². The van der Waals surface area contributed by atoms with E-state index in [1.54, 1.807) is 0 Å². The van der Waals surface area contributed by atoms with Gasteiger partial charge in [-0.15, -0.1) is 0 Å². The molecule has 4 aromatic carbocycles. The summed E-state index contributed by atoms with van der Waals surface area (Å²) in [4.78, 5) is 0. The van der Waals surface area contributed by atoms with Crippen molar-refractivity contribution >= 4 is 37.1 Å². The summed E-state index contributed by atoms with van der Waals surface area (Å²) in [6.07, 6.45) is 2.41. The van der Waals surface area contributed by atoms with E-state index in [0.29, 0.717) is 0 Å². The van der Waals surface area contributed by atoms with Gasteiger partial charge in [-0.05, 0) is 49.4 Å². The molecule has 149 valence electrons. The van der Waals surface area contributed by atoms with Gasteiger partial charge in [-0.2, -0.15) is 0 Å². The van der Waals surface area contributed by atoms with Gasteiger partial charge in [0, 0.05) is 22.4 Å². The molecular weight excluding hydrogens is 571 g/mol. The van der Waals surface area contributed by atoms with Crippen molar-refractivity contribution in [1.29, 1.82) is 0 Å². The van der Waals surface area contributed by atoms with Crippen molar-refractivity contribution in [3.05, 3.63) is 121 Å². The van der Waals surface area contributed by atoms with E-state index in [1.165, 1.54) is 33.5 Å². The van der Waals surface area contributed by atoms with E-state index in [0.717, 1.165) is 0 Å². The first-order chi connectivity index (χ1) is 13.9. The van der Waals surface area contributed by atoms with E-state index in [-0.39, 0.29) is 38.2 Å². The summed E-state index contributed by atoms with van der Waals surface area (Å²) in [5.74, 6) is 0. The number of rotatable bonds is 7. The molecule has 4 rings (SSSR count). The summed E-state index contributed by atoms with van der Waals surface area (Å²) in [5.41, 5.74) is 0. The minimum atomic E-state index is -0.348. The molecule has 0 atom stereocenters. The van der Waals surface area contributed by atoms with Crippen LogP contribution in [0.3, 0.4) is 0 Å². The van der Waals surface area contributed by atoms with Gasteiger partial charge in [-0.3, -0.25) is 0 Å². The zero-order chi connectivity index (χ0) is 19.0. The molecule has 0 spiro atoms. The maximum absolute atomic E-state index is 2.30. The normalized spacial score (nSPS) is 10.7. The maximum Gasteiger partial charge on any atom is 0 e. The molecule has 0 aromatic heterocycles. The van der Waals surface area contributed by atoms with Crippen LogP contribution in [0.4, 0.5) is 0 Å². The molecule has 3 heteroatoms. The van der Waals surface area contributed by atoms with Crippen molar-refractivity contribution in [2.75, 3.05) is 12.3 Å². The fourth-order valence-electron chi connectivity index (χ4n) is 3.45. The first kappa shape index (κ1) is 22.2. The standard InChI is InChI=1S/C26H24P2.Au/c1-5-13-23(14-6-1)27(24-15-7-2-8-16-24)21-22-28(25-17-9-3-10-18-25)26-19-11-4-12-20-26;/h1-20H,21-22H2;. The van der Waals surface area contributed by atoms with Crippen molar-refractivity contribution in [3.8, 4) is 0 Å². The van der Waals surface area contributed by atoms with Crippen molar-refractivity contribution in [2.45, 2.75) is 0 Å². The van der Waals surface area contributed by atoms with Crippen molar-refractivity contribution < 1.29 is 22.4 Å². The average molecular weight is 595 g/mol. The molecule has 29 heavy (non-hydrogen) atoms. The third-order valence-electron chi connectivity index (χ3n) is 4.82. The van der Waals surface area contributed by atoms with Gasteiger partial charge in [0.05, 0.1) is 0 Å². The first-order valence-electron chi connectivity index (χ1n) is 9.67. The monoisotopic (exact) mass is 595 g/mol. The van der Waals surface area contributed by atoms with E-state index < -0.39 is 0 Å². The summed E-state index contributed by atoms with van der Waals surface area (Å²) in [7, 11) is -0.696. The molecule has 0 bridgehead atoms. The largest absolute Gasteiger partial charge is 0.0622 e.